The molecule has 1 aromatic carbocycles. The summed E-state index contributed by atoms with van der Waals surface area (Å²) in [4.78, 5) is 30.4. The molecule has 6 nitrogen and oxygen atoms in total. The lowest BCUT2D eigenvalue weighted by molar-refractivity contribution is 0.0670. The Balaban J connectivity index is 1.78. The lowest BCUT2D eigenvalue weighted by Gasteiger charge is -2.23. The highest BCUT2D eigenvalue weighted by Crippen LogP contribution is 2.33. The van der Waals surface area contributed by atoms with Crippen molar-refractivity contribution in [2.24, 2.45) is 0 Å². The van der Waals surface area contributed by atoms with Crippen LogP contribution in [-0.2, 0) is 0 Å². The van der Waals surface area contributed by atoms with E-state index in [0.717, 1.165) is 0 Å². The normalized spacial score (nSPS) is 13.5. The molecule has 0 aliphatic carbocycles. The van der Waals surface area contributed by atoms with Crippen molar-refractivity contribution in [2.45, 2.75) is 13.0 Å². The predicted octanol–water partition coefficient (Wildman–Crippen LogP) is 2.15. The van der Waals surface area contributed by atoms with Gasteiger partial charge in [-0.2, -0.15) is 0 Å². The summed E-state index contributed by atoms with van der Waals surface area (Å²) in [5, 5.41) is 0. The molecule has 0 spiro atoms. The van der Waals surface area contributed by atoms with E-state index in [-0.39, 0.29) is 18.5 Å². The molecule has 2 aromatic rings. The minimum Gasteiger partial charge on any atom is -0.454 e. The van der Waals surface area contributed by atoms with Crippen LogP contribution in [0.1, 0.15) is 27.8 Å². The number of hydrogen-bond donors (Lipinski definition) is 0. The number of likely N-dealkylation sites (N-methyl/N-ethyl adjacent to an activating group) is 1. The third-order valence-corrected chi connectivity index (χ3v) is 3.82. The van der Waals surface area contributed by atoms with Crippen LogP contribution in [0.5, 0.6) is 11.5 Å². The molecular formula is C17H16N2O4. The van der Waals surface area contributed by atoms with Gasteiger partial charge in [-0.1, -0.05) is 6.07 Å². The molecule has 6 heteroatoms. The van der Waals surface area contributed by atoms with E-state index in [2.05, 4.69) is 4.98 Å². The number of fused-ring (bicyclic) bond motifs is 1. The van der Waals surface area contributed by atoms with Gasteiger partial charge in [0.15, 0.2) is 17.3 Å². The van der Waals surface area contributed by atoms with Crippen molar-refractivity contribution in [1.82, 2.24) is 9.88 Å². The predicted molar refractivity (Wildman–Crippen MR) is 82.7 cm³/mol. The second kappa shape index (κ2) is 6.08. The van der Waals surface area contributed by atoms with Crippen molar-refractivity contribution in [3.63, 3.8) is 0 Å². The Morgan fingerprint density at radius 3 is 2.70 bits per heavy atom. The van der Waals surface area contributed by atoms with E-state index in [4.69, 9.17) is 9.47 Å². The van der Waals surface area contributed by atoms with Crippen LogP contribution in [0.2, 0.25) is 0 Å². The van der Waals surface area contributed by atoms with Gasteiger partial charge in [0.1, 0.15) is 5.69 Å². The van der Waals surface area contributed by atoms with Crippen LogP contribution < -0.4 is 9.47 Å². The summed E-state index contributed by atoms with van der Waals surface area (Å²) < 4.78 is 10.5. The number of nitrogens with zero attached hydrogens (tertiary/aromatic N) is 2. The third-order valence-electron chi connectivity index (χ3n) is 3.82. The van der Waals surface area contributed by atoms with E-state index in [0.29, 0.717) is 22.8 Å². The molecule has 0 saturated heterocycles. The topological polar surface area (TPSA) is 68.7 Å². The summed E-state index contributed by atoms with van der Waals surface area (Å²) in [5.74, 6) is 0.691. The summed E-state index contributed by atoms with van der Waals surface area (Å²) >= 11 is 0. The standard InChI is InChI=1S/C17H16N2O4/c1-11(19(2)17(21)13-5-3-4-8-18-13)16(20)12-6-7-14-15(9-12)23-10-22-14/h3-9,11H,10H2,1-2H3/t11-/m0/s1. The van der Waals surface area contributed by atoms with Crippen LogP contribution >= 0.6 is 0 Å². The molecule has 1 aliphatic rings. The molecule has 0 bridgehead atoms. The molecular weight excluding hydrogens is 296 g/mol. The Morgan fingerprint density at radius 1 is 1.17 bits per heavy atom. The minimum absolute atomic E-state index is 0.153. The molecule has 23 heavy (non-hydrogen) atoms. The first kappa shape index (κ1) is 15.0. The average Bonchev–Trinajstić information content (AvgIpc) is 3.07. The average molecular weight is 312 g/mol. The maximum Gasteiger partial charge on any atom is 0.272 e. The zero-order valence-electron chi connectivity index (χ0n) is 12.9. The molecule has 1 atom stereocenters. The number of benzene rings is 1. The van der Waals surface area contributed by atoms with Crippen molar-refractivity contribution < 1.29 is 19.1 Å². The summed E-state index contributed by atoms with van der Waals surface area (Å²) in [6, 6.07) is 9.48. The van der Waals surface area contributed by atoms with Gasteiger partial charge in [0.25, 0.3) is 5.91 Å². The third kappa shape index (κ3) is 2.88. The van der Waals surface area contributed by atoms with Gasteiger partial charge < -0.3 is 14.4 Å². The van der Waals surface area contributed by atoms with E-state index in [1.165, 1.54) is 4.90 Å². The Hall–Kier alpha value is -2.89. The quantitative estimate of drug-likeness (QED) is 0.809. The number of amides is 1. The number of ketones is 1. The molecule has 0 unspecified atom stereocenters. The highest BCUT2D eigenvalue weighted by Gasteiger charge is 2.26. The summed E-state index contributed by atoms with van der Waals surface area (Å²) in [7, 11) is 1.59. The Morgan fingerprint density at radius 2 is 1.96 bits per heavy atom. The van der Waals surface area contributed by atoms with Gasteiger partial charge in [-0.15, -0.1) is 0 Å². The van der Waals surface area contributed by atoms with Gasteiger partial charge in [-0.3, -0.25) is 14.6 Å². The molecule has 0 N–H and O–H groups in total. The van der Waals surface area contributed by atoms with Crippen LogP contribution in [-0.4, -0.2) is 41.5 Å². The highest BCUT2D eigenvalue weighted by molar-refractivity contribution is 6.03. The zero-order valence-corrected chi connectivity index (χ0v) is 12.9. The smallest absolute Gasteiger partial charge is 0.272 e. The minimum atomic E-state index is -0.620. The number of aromatic nitrogens is 1. The first-order valence-electron chi connectivity index (χ1n) is 7.20. The van der Waals surface area contributed by atoms with Gasteiger partial charge >= 0.3 is 0 Å². The van der Waals surface area contributed by atoms with Crippen molar-refractivity contribution in [3.05, 3.63) is 53.9 Å². The maximum atomic E-state index is 12.6. The second-order valence-electron chi connectivity index (χ2n) is 5.24. The molecule has 1 amide bonds. The molecule has 1 aliphatic heterocycles. The monoisotopic (exact) mass is 312 g/mol. The number of carbonyl (C=O) groups excluding carboxylic acids is 2. The van der Waals surface area contributed by atoms with E-state index < -0.39 is 6.04 Å². The maximum absolute atomic E-state index is 12.6. The first-order valence-corrected chi connectivity index (χ1v) is 7.20. The van der Waals surface area contributed by atoms with Crippen molar-refractivity contribution in [3.8, 4) is 11.5 Å². The van der Waals surface area contributed by atoms with Crippen LogP contribution in [0.3, 0.4) is 0 Å². The lowest BCUT2D eigenvalue weighted by atomic mass is 10.0. The summed E-state index contributed by atoms with van der Waals surface area (Å²) in [5.41, 5.74) is 0.780. The van der Waals surface area contributed by atoms with Crippen LogP contribution in [0.25, 0.3) is 0 Å². The molecule has 0 radical (unpaired) electrons. The van der Waals surface area contributed by atoms with E-state index in [9.17, 15) is 9.59 Å². The van der Waals surface area contributed by atoms with E-state index >= 15 is 0 Å². The fourth-order valence-electron chi connectivity index (χ4n) is 2.31. The van der Waals surface area contributed by atoms with E-state index in [1.807, 2.05) is 0 Å². The number of rotatable bonds is 4. The number of ether oxygens (including phenoxy) is 2. The van der Waals surface area contributed by atoms with Crippen LogP contribution in [0.4, 0.5) is 0 Å². The number of Topliss-reactive ketones (excluding diaryl/α,β-unsaturated/α-hetero) is 1. The number of hydrogen-bond acceptors (Lipinski definition) is 5. The van der Waals surface area contributed by atoms with Crippen molar-refractivity contribution in [2.75, 3.05) is 13.8 Å². The lowest BCUT2D eigenvalue weighted by Crippen LogP contribution is -2.40. The van der Waals surface area contributed by atoms with Crippen molar-refractivity contribution >= 4 is 11.7 Å². The van der Waals surface area contributed by atoms with Crippen molar-refractivity contribution in [1.29, 1.82) is 0 Å². The fraction of sp³-hybridized carbons (Fsp3) is 0.235. The number of pyridine rings is 1. The molecule has 2 heterocycles. The summed E-state index contributed by atoms with van der Waals surface area (Å²) in [6.07, 6.45) is 1.55. The van der Waals surface area contributed by atoms with Gasteiger partial charge in [0.05, 0.1) is 6.04 Å². The Kier molecular flexibility index (Phi) is 3.97. The van der Waals surface area contributed by atoms with Gasteiger partial charge in [0, 0.05) is 18.8 Å². The molecule has 0 saturated carbocycles. The number of carbonyl (C=O) groups is 2. The van der Waals surface area contributed by atoms with E-state index in [1.54, 1.807) is 56.6 Å². The Bertz CT molecular complexity index is 746. The summed E-state index contributed by atoms with van der Waals surface area (Å²) in [6.45, 7) is 1.84. The molecule has 1 aromatic heterocycles. The largest absolute Gasteiger partial charge is 0.454 e. The second-order valence-corrected chi connectivity index (χ2v) is 5.24. The van der Waals surface area contributed by atoms with Gasteiger partial charge in [-0.25, -0.2) is 0 Å². The SMILES string of the molecule is C[C@@H](C(=O)c1ccc2c(c1)OCO2)N(C)C(=O)c1ccccn1. The molecule has 118 valence electrons. The zero-order chi connectivity index (χ0) is 16.4. The van der Waals surface area contributed by atoms with Gasteiger partial charge in [0.2, 0.25) is 6.79 Å². The first-order chi connectivity index (χ1) is 11.1. The van der Waals surface area contributed by atoms with Crippen LogP contribution in [0.15, 0.2) is 42.6 Å². The Labute approximate surface area is 133 Å². The van der Waals surface area contributed by atoms with Crippen LogP contribution in [0, 0.1) is 0 Å². The fourth-order valence-corrected chi connectivity index (χ4v) is 2.31. The molecule has 3 rings (SSSR count). The van der Waals surface area contributed by atoms with Gasteiger partial charge in [-0.05, 0) is 37.3 Å². The highest BCUT2D eigenvalue weighted by atomic mass is 16.7. The molecule has 0 fully saturated rings.